The lowest BCUT2D eigenvalue weighted by molar-refractivity contribution is -0.138. The summed E-state index contributed by atoms with van der Waals surface area (Å²) < 4.78 is 35.7. The molecule has 1 fully saturated rings. The number of ether oxygens (including phenoxy) is 1. The molecule has 11 heteroatoms. The zero-order valence-corrected chi connectivity index (χ0v) is 17.7. The average molecular weight is 471 g/mol. The molecule has 0 aliphatic carbocycles. The molecule has 0 amide bonds. The minimum Gasteiger partial charge on any atom is -0.481 e. The van der Waals surface area contributed by atoms with E-state index in [-0.39, 0.29) is 24.7 Å². The van der Waals surface area contributed by atoms with E-state index in [4.69, 9.17) is 33.0 Å². The molecule has 1 N–H and O–H groups in total. The lowest BCUT2D eigenvalue weighted by atomic mass is 10.1. The van der Waals surface area contributed by atoms with Crippen LogP contribution in [0.2, 0.25) is 10.0 Å². The second-order valence-electron chi connectivity index (χ2n) is 7.29. The van der Waals surface area contributed by atoms with Gasteiger partial charge in [0.25, 0.3) is 5.92 Å². The maximum atomic E-state index is 14.3. The maximum Gasteiger partial charge on any atom is 0.305 e. The van der Waals surface area contributed by atoms with Crippen LogP contribution in [0.15, 0.2) is 36.9 Å². The summed E-state index contributed by atoms with van der Waals surface area (Å²) in [6, 6.07) is 4.43. The number of carboxylic acids is 1. The standard InChI is InChI=1S/C20H18Cl2F2N4O3/c21-14-2-1-13-15(27-5-4-25-11-27)7-16(26-19(13)18(14)22)28-10-20(23,24)8-12(28)9-31-6-3-17(29)30/h1-2,4-5,7,11-12H,3,6,8-10H2,(H,29,30)/t12-/m0/s1. The number of alkyl halides is 2. The van der Waals surface area contributed by atoms with Crippen molar-refractivity contribution in [2.45, 2.75) is 24.8 Å². The molecule has 0 bridgehead atoms. The zero-order chi connectivity index (χ0) is 22.2. The molecule has 0 radical (unpaired) electrons. The Hall–Kier alpha value is -2.49. The Morgan fingerprint density at radius 1 is 1.35 bits per heavy atom. The predicted molar refractivity (Wildman–Crippen MR) is 113 cm³/mol. The molecule has 31 heavy (non-hydrogen) atoms. The van der Waals surface area contributed by atoms with E-state index >= 15 is 0 Å². The number of pyridine rings is 1. The first-order chi connectivity index (χ1) is 14.7. The van der Waals surface area contributed by atoms with Crippen LogP contribution in [-0.4, -0.2) is 57.3 Å². The van der Waals surface area contributed by atoms with E-state index in [9.17, 15) is 13.6 Å². The van der Waals surface area contributed by atoms with E-state index in [0.717, 1.165) is 0 Å². The Balaban J connectivity index is 1.74. The third-order valence-electron chi connectivity index (χ3n) is 5.06. The van der Waals surface area contributed by atoms with Gasteiger partial charge in [-0.2, -0.15) is 0 Å². The van der Waals surface area contributed by atoms with E-state index in [1.54, 1.807) is 41.5 Å². The summed E-state index contributed by atoms with van der Waals surface area (Å²) in [6.45, 7) is -0.648. The number of hydrogen-bond acceptors (Lipinski definition) is 5. The Bertz CT molecular complexity index is 1110. The zero-order valence-electron chi connectivity index (χ0n) is 16.1. The largest absolute Gasteiger partial charge is 0.481 e. The van der Waals surface area contributed by atoms with Gasteiger partial charge in [-0.3, -0.25) is 4.79 Å². The molecule has 0 unspecified atom stereocenters. The Labute approximate surface area is 186 Å². The van der Waals surface area contributed by atoms with Gasteiger partial charge in [0.15, 0.2) is 0 Å². The van der Waals surface area contributed by atoms with Crippen LogP contribution in [0, 0.1) is 0 Å². The van der Waals surface area contributed by atoms with Crippen LogP contribution >= 0.6 is 23.2 Å². The molecule has 2 aromatic heterocycles. The summed E-state index contributed by atoms with van der Waals surface area (Å²) in [5.74, 6) is -3.66. The van der Waals surface area contributed by atoms with E-state index in [1.807, 2.05) is 0 Å². The smallest absolute Gasteiger partial charge is 0.305 e. The molecule has 4 rings (SSSR count). The minimum absolute atomic E-state index is 0.0493. The fourth-order valence-electron chi connectivity index (χ4n) is 3.66. The molecule has 1 aromatic carbocycles. The van der Waals surface area contributed by atoms with Crippen LogP contribution in [0.5, 0.6) is 0 Å². The maximum absolute atomic E-state index is 14.3. The molecular formula is C20H18Cl2F2N4O3. The highest BCUT2D eigenvalue weighted by Crippen LogP contribution is 2.39. The summed E-state index contributed by atoms with van der Waals surface area (Å²) in [5, 5.41) is 9.95. The van der Waals surface area contributed by atoms with Crippen molar-refractivity contribution in [1.29, 1.82) is 0 Å². The Kier molecular flexibility index (Phi) is 6.00. The number of nitrogens with zero attached hydrogens (tertiary/aromatic N) is 4. The third kappa shape index (κ3) is 4.58. The highest BCUT2D eigenvalue weighted by molar-refractivity contribution is 6.45. The lowest BCUT2D eigenvalue weighted by Crippen LogP contribution is -2.34. The molecule has 3 heterocycles. The average Bonchev–Trinajstić information content (AvgIpc) is 3.35. The van der Waals surface area contributed by atoms with Gasteiger partial charge in [-0.15, -0.1) is 0 Å². The van der Waals surface area contributed by atoms with Crippen LogP contribution in [0.4, 0.5) is 14.6 Å². The van der Waals surface area contributed by atoms with Crippen molar-refractivity contribution in [1.82, 2.24) is 14.5 Å². The summed E-state index contributed by atoms with van der Waals surface area (Å²) in [7, 11) is 0. The van der Waals surface area contributed by atoms with E-state index < -0.39 is 30.9 Å². The van der Waals surface area contributed by atoms with Crippen LogP contribution in [0.25, 0.3) is 16.6 Å². The Morgan fingerprint density at radius 2 is 2.16 bits per heavy atom. The normalized spacial score (nSPS) is 18.1. The number of hydrogen-bond donors (Lipinski definition) is 1. The topological polar surface area (TPSA) is 80.5 Å². The van der Waals surface area contributed by atoms with Crippen molar-refractivity contribution in [3.05, 3.63) is 47.0 Å². The molecule has 164 valence electrons. The minimum atomic E-state index is -2.94. The molecule has 1 aliphatic rings. The number of benzene rings is 1. The van der Waals surface area contributed by atoms with Crippen molar-refractivity contribution < 1.29 is 23.4 Å². The molecule has 0 spiro atoms. The first-order valence-electron chi connectivity index (χ1n) is 9.46. The van der Waals surface area contributed by atoms with Gasteiger partial charge in [0.2, 0.25) is 0 Å². The number of carboxylic acid groups (broad SMARTS) is 1. The predicted octanol–water partition coefficient (Wildman–Crippen LogP) is 4.43. The molecular weight excluding hydrogens is 453 g/mol. The van der Waals surface area contributed by atoms with Crippen molar-refractivity contribution >= 4 is 45.9 Å². The van der Waals surface area contributed by atoms with Gasteiger partial charge in [0.1, 0.15) is 5.82 Å². The molecule has 1 atom stereocenters. The third-order valence-corrected chi connectivity index (χ3v) is 5.86. The Morgan fingerprint density at radius 3 is 2.87 bits per heavy atom. The highest BCUT2D eigenvalue weighted by atomic mass is 35.5. The summed E-state index contributed by atoms with van der Waals surface area (Å²) in [5.41, 5.74) is 1.05. The van der Waals surface area contributed by atoms with Crippen LogP contribution < -0.4 is 4.90 Å². The fourth-order valence-corrected chi connectivity index (χ4v) is 4.02. The van der Waals surface area contributed by atoms with Gasteiger partial charge in [-0.05, 0) is 12.1 Å². The number of imidazole rings is 1. The summed E-state index contributed by atoms with van der Waals surface area (Å²) in [6.07, 6.45) is 4.30. The first kappa shape index (κ1) is 21.7. The molecule has 3 aromatic rings. The SMILES string of the molecule is O=C(O)CCOC[C@@H]1CC(F)(F)CN1c1cc(-n2ccnc2)c2ccc(Cl)c(Cl)c2n1. The van der Waals surface area contributed by atoms with E-state index in [1.165, 1.54) is 4.90 Å². The quantitative estimate of drug-likeness (QED) is 0.514. The van der Waals surface area contributed by atoms with Crippen molar-refractivity contribution in [2.24, 2.45) is 0 Å². The molecule has 0 saturated carbocycles. The number of aliphatic carboxylic acids is 1. The first-order valence-corrected chi connectivity index (χ1v) is 10.2. The van der Waals surface area contributed by atoms with Gasteiger partial charge in [0.05, 0.1) is 59.8 Å². The molecule has 1 aliphatic heterocycles. The number of fused-ring (bicyclic) bond motifs is 1. The number of carbonyl (C=O) groups is 1. The molecule has 1 saturated heterocycles. The monoisotopic (exact) mass is 470 g/mol. The second kappa shape index (κ2) is 8.57. The van der Waals surface area contributed by atoms with Crippen molar-refractivity contribution in [3.63, 3.8) is 0 Å². The number of anilines is 1. The van der Waals surface area contributed by atoms with Gasteiger partial charge >= 0.3 is 5.97 Å². The molecule has 7 nitrogen and oxygen atoms in total. The van der Waals surface area contributed by atoms with E-state index in [0.29, 0.717) is 27.4 Å². The van der Waals surface area contributed by atoms with Crippen LogP contribution in [0.3, 0.4) is 0 Å². The number of aromatic nitrogens is 3. The summed E-state index contributed by atoms with van der Waals surface area (Å²) >= 11 is 12.6. The lowest BCUT2D eigenvalue weighted by Gasteiger charge is -2.26. The summed E-state index contributed by atoms with van der Waals surface area (Å²) in [4.78, 5) is 20.7. The van der Waals surface area contributed by atoms with Crippen molar-refractivity contribution in [3.8, 4) is 5.69 Å². The fraction of sp³-hybridized carbons (Fsp3) is 0.350. The number of rotatable bonds is 7. The van der Waals surface area contributed by atoms with Gasteiger partial charge in [0, 0.05) is 30.3 Å². The second-order valence-corrected chi connectivity index (χ2v) is 8.07. The van der Waals surface area contributed by atoms with Gasteiger partial charge in [-0.25, -0.2) is 18.7 Å². The van der Waals surface area contributed by atoms with Gasteiger partial charge < -0.3 is 19.3 Å². The number of halogens is 4. The van der Waals surface area contributed by atoms with Gasteiger partial charge in [-0.1, -0.05) is 23.2 Å². The van der Waals surface area contributed by atoms with Crippen molar-refractivity contribution in [2.75, 3.05) is 24.7 Å². The van der Waals surface area contributed by atoms with Crippen LogP contribution in [0.1, 0.15) is 12.8 Å². The van der Waals surface area contributed by atoms with Crippen LogP contribution in [-0.2, 0) is 9.53 Å². The van der Waals surface area contributed by atoms with E-state index in [2.05, 4.69) is 9.97 Å². The highest BCUT2D eigenvalue weighted by Gasteiger charge is 2.45.